The van der Waals surface area contributed by atoms with Crippen molar-refractivity contribution in [1.82, 2.24) is 0 Å². The standard InChI is InChI=1S/C15H23N3OS/c1-18(10-11-6-3-4-7-11)12-8-5-9-13(20-2)14(12)15(16)17-19/h5,8-9,11,19H,3-4,6-7,10H2,1-2H3,(H2,16,17). The Hall–Kier alpha value is -1.36. The van der Waals surface area contributed by atoms with Gasteiger partial charge in [-0.3, -0.25) is 0 Å². The zero-order valence-electron chi connectivity index (χ0n) is 12.2. The van der Waals surface area contributed by atoms with Crippen LogP contribution in [-0.4, -0.2) is 30.9 Å². The molecule has 3 N–H and O–H groups in total. The third-order valence-electron chi connectivity index (χ3n) is 4.01. The first-order valence-corrected chi connectivity index (χ1v) is 8.26. The molecule has 0 aliphatic heterocycles. The Morgan fingerprint density at radius 3 is 2.75 bits per heavy atom. The number of thioether (sulfide) groups is 1. The Morgan fingerprint density at radius 1 is 1.45 bits per heavy atom. The van der Waals surface area contributed by atoms with Crippen LogP contribution in [-0.2, 0) is 0 Å². The summed E-state index contributed by atoms with van der Waals surface area (Å²) in [6.07, 6.45) is 7.31. The molecule has 1 aromatic rings. The van der Waals surface area contributed by atoms with Crippen molar-refractivity contribution in [3.05, 3.63) is 23.8 Å². The number of amidine groups is 1. The van der Waals surface area contributed by atoms with Crippen molar-refractivity contribution < 1.29 is 5.21 Å². The van der Waals surface area contributed by atoms with E-state index >= 15 is 0 Å². The van der Waals surface area contributed by atoms with Gasteiger partial charge in [0.2, 0.25) is 0 Å². The fourth-order valence-electron chi connectivity index (χ4n) is 2.99. The molecule has 2 rings (SSSR count). The minimum Gasteiger partial charge on any atom is -0.409 e. The van der Waals surface area contributed by atoms with E-state index in [1.807, 2.05) is 24.5 Å². The van der Waals surface area contributed by atoms with Crippen LogP contribution < -0.4 is 10.6 Å². The van der Waals surface area contributed by atoms with E-state index in [9.17, 15) is 0 Å². The SMILES string of the molecule is CSc1cccc(N(C)CC2CCCC2)c1/C(N)=N/O. The summed E-state index contributed by atoms with van der Waals surface area (Å²) >= 11 is 1.61. The molecule has 0 saturated heterocycles. The molecule has 1 aliphatic carbocycles. The molecule has 0 aromatic heterocycles. The van der Waals surface area contributed by atoms with Crippen molar-refractivity contribution in [1.29, 1.82) is 0 Å². The van der Waals surface area contributed by atoms with Crippen LogP contribution in [0.3, 0.4) is 0 Å². The number of benzene rings is 1. The van der Waals surface area contributed by atoms with Gasteiger partial charge in [0.25, 0.3) is 0 Å². The molecule has 20 heavy (non-hydrogen) atoms. The van der Waals surface area contributed by atoms with Gasteiger partial charge in [0, 0.05) is 24.2 Å². The van der Waals surface area contributed by atoms with Gasteiger partial charge >= 0.3 is 0 Å². The molecule has 1 saturated carbocycles. The second-order valence-corrected chi connectivity index (χ2v) is 6.22. The smallest absolute Gasteiger partial charge is 0.173 e. The quantitative estimate of drug-likeness (QED) is 0.288. The molecule has 110 valence electrons. The van der Waals surface area contributed by atoms with Gasteiger partial charge in [-0.15, -0.1) is 11.8 Å². The van der Waals surface area contributed by atoms with Gasteiger partial charge in [-0.05, 0) is 37.1 Å². The third-order valence-corrected chi connectivity index (χ3v) is 4.79. The maximum atomic E-state index is 9.03. The van der Waals surface area contributed by atoms with Gasteiger partial charge < -0.3 is 15.8 Å². The third kappa shape index (κ3) is 3.20. The summed E-state index contributed by atoms with van der Waals surface area (Å²) in [7, 11) is 2.09. The normalized spacial score (nSPS) is 16.6. The monoisotopic (exact) mass is 293 g/mol. The van der Waals surface area contributed by atoms with E-state index in [1.165, 1.54) is 25.7 Å². The summed E-state index contributed by atoms with van der Waals surface area (Å²) in [5, 5.41) is 12.2. The lowest BCUT2D eigenvalue weighted by Crippen LogP contribution is -2.27. The molecule has 1 fully saturated rings. The predicted octanol–water partition coefficient (Wildman–Crippen LogP) is 3.13. The van der Waals surface area contributed by atoms with Crippen LogP contribution in [0.4, 0.5) is 5.69 Å². The maximum absolute atomic E-state index is 9.03. The molecule has 0 unspecified atom stereocenters. The van der Waals surface area contributed by atoms with Crippen molar-refractivity contribution in [2.75, 3.05) is 24.7 Å². The second kappa shape index (κ2) is 6.88. The van der Waals surface area contributed by atoms with Crippen molar-refractivity contribution in [2.24, 2.45) is 16.8 Å². The topological polar surface area (TPSA) is 61.8 Å². The Morgan fingerprint density at radius 2 is 2.15 bits per heavy atom. The highest BCUT2D eigenvalue weighted by molar-refractivity contribution is 7.98. The van der Waals surface area contributed by atoms with E-state index in [1.54, 1.807) is 11.8 Å². The molecule has 4 nitrogen and oxygen atoms in total. The van der Waals surface area contributed by atoms with E-state index in [2.05, 4.69) is 17.1 Å². The zero-order valence-corrected chi connectivity index (χ0v) is 13.0. The van der Waals surface area contributed by atoms with E-state index in [4.69, 9.17) is 10.9 Å². The Balaban J connectivity index is 2.29. The number of oxime groups is 1. The predicted molar refractivity (Wildman–Crippen MR) is 86.0 cm³/mol. The molecule has 0 spiro atoms. The Bertz CT molecular complexity index is 484. The summed E-state index contributed by atoms with van der Waals surface area (Å²) in [6, 6.07) is 6.08. The van der Waals surface area contributed by atoms with Gasteiger partial charge in [-0.2, -0.15) is 0 Å². The molecule has 0 heterocycles. The van der Waals surface area contributed by atoms with Crippen LogP contribution in [0.15, 0.2) is 28.3 Å². The van der Waals surface area contributed by atoms with Crippen molar-refractivity contribution in [3.63, 3.8) is 0 Å². The first kappa shape index (κ1) is 15.0. The number of hydrogen-bond acceptors (Lipinski definition) is 4. The molecule has 0 atom stereocenters. The zero-order chi connectivity index (χ0) is 14.5. The second-order valence-electron chi connectivity index (χ2n) is 5.37. The minimum atomic E-state index is 0.184. The molecule has 1 aromatic carbocycles. The highest BCUT2D eigenvalue weighted by atomic mass is 32.2. The van der Waals surface area contributed by atoms with Crippen LogP contribution in [0.25, 0.3) is 0 Å². The van der Waals surface area contributed by atoms with E-state index < -0.39 is 0 Å². The number of anilines is 1. The van der Waals surface area contributed by atoms with Crippen LogP contribution in [0.2, 0.25) is 0 Å². The molecule has 0 amide bonds. The first-order chi connectivity index (χ1) is 9.67. The summed E-state index contributed by atoms with van der Waals surface area (Å²) < 4.78 is 0. The van der Waals surface area contributed by atoms with Crippen molar-refractivity contribution in [2.45, 2.75) is 30.6 Å². The minimum absolute atomic E-state index is 0.184. The Labute approximate surface area is 125 Å². The number of nitrogens with two attached hydrogens (primary N) is 1. The summed E-state index contributed by atoms with van der Waals surface area (Å²) in [4.78, 5) is 3.28. The largest absolute Gasteiger partial charge is 0.409 e. The van der Waals surface area contributed by atoms with Gasteiger partial charge in [0.05, 0.1) is 5.56 Å². The summed E-state index contributed by atoms with van der Waals surface area (Å²) in [5.74, 6) is 0.946. The van der Waals surface area contributed by atoms with E-state index in [0.29, 0.717) is 0 Å². The fourth-order valence-corrected chi connectivity index (χ4v) is 3.62. The van der Waals surface area contributed by atoms with Crippen LogP contribution in [0.5, 0.6) is 0 Å². The summed E-state index contributed by atoms with van der Waals surface area (Å²) in [6.45, 7) is 1.03. The van der Waals surface area contributed by atoms with Crippen LogP contribution in [0, 0.1) is 5.92 Å². The van der Waals surface area contributed by atoms with E-state index in [-0.39, 0.29) is 5.84 Å². The van der Waals surface area contributed by atoms with E-state index in [0.717, 1.165) is 28.6 Å². The summed E-state index contributed by atoms with van der Waals surface area (Å²) in [5.41, 5.74) is 7.75. The van der Waals surface area contributed by atoms with Crippen LogP contribution >= 0.6 is 11.8 Å². The molecule has 0 bridgehead atoms. The molecular formula is C15H23N3OS. The lowest BCUT2D eigenvalue weighted by atomic mass is 10.1. The first-order valence-electron chi connectivity index (χ1n) is 7.03. The average molecular weight is 293 g/mol. The Kier molecular flexibility index (Phi) is 5.17. The number of rotatable bonds is 5. The lowest BCUT2D eigenvalue weighted by Gasteiger charge is -2.26. The van der Waals surface area contributed by atoms with Crippen LogP contribution in [0.1, 0.15) is 31.2 Å². The number of hydrogen-bond donors (Lipinski definition) is 2. The maximum Gasteiger partial charge on any atom is 0.173 e. The molecular weight excluding hydrogens is 270 g/mol. The molecule has 0 radical (unpaired) electrons. The average Bonchev–Trinajstić information content (AvgIpc) is 2.98. The highest BCUT2D eigenvalue weighted by Gasteiger charge is 2.20. The highest BCUT2D eigenvalue weighted by Crippen LogP contribution is 2.31. The van der Waals surface area contributed by atoms with Gasteiger partial charge in [-0.25, -0.2) is 0 Å². The van der Waals surface area contributed by atoms with Crippen molar-refractivity contribution in [3.8, 4) is 0 Å². The molecule has 5 heteroatoms. The molecule has 1 aliphatic rings. The fraction of sp³-hybridized carbons (Fsp3) is 0.533. The number of nitrogens with zero attached hydrogens (tertiary/aromatic N) is 2. The van der Waals surface area contributed by atoms with Crippen molar-refractivity contribution >= 4 is 23.3 Å². The van der Waals surface area contributed by atoms with Gasteiger partial charge in [0.1, 0.15) is 0 Å². The van der Waals surface area contributed by atoms with Gasteiger partial charge in [-0.1, -0.05) is 24.1 Å². The lowest BCUT2D eigenvalue weighted by molar-refractivity contribution is 0.318. The van der Waals surface area contributed by atoms with Gasteiger partial charge in [0.15, 0.2) is 5.84 Å².